The van der Waals surface area contributed by atoms with Crippen LogP contribution in [0, 0.1) is 0 Å². The van der Waals surface area contributed by atoms with Crippen molar-refractivity contribution in [2.75, 3.05) is 50.5 Å². The molecule has 0 radical (unpaired) electrons. The van der Waals surface area contributed by atoms with Crippen LogP contribution in [0.15, 0.2) is 30.7 Å². The van der Waals surface area contributed by atoms with Gasteiger partial charge in [-0.05, 0) is 62.8 Å². The summed E-state index contributed by atoms with van der Waals surface area (Å²) in [5.41, 5.74) is 3.20. The lowest BCUT2D eigenvalue weighted by atomic mass is 10.1. The third kappa shape index (κ3) is 6.70. The van der Waals surface area contributed by atoms with Crippen molar-refractivity contribution >= 4 is 28.6 Å². The number of fused-ring (bicyclic) bond motifs is 2. The lowest BCUT2D eigenvalue weighted by Crippen LogP contribution is -2.37. The summed E-state index contributed by atoms with van der Waals surface area (Å²) in [6.07, 6.45) is 9.05. The third-order valence-corrected chi connectivity index (χ3v) is 6.73. The van der Waals surface area contributed by atoms with E-state index in [0.29, 0.717) is 25.4 Å². The van der Waals surface area contributed by atoms with Crippen LogP contribution in [0.3, 0.4) is 0 Å². The predicted octanol–water partition coefficient (Wildman–Crippen LogP) is 2.95. The van der Waals surface area contributed by atoms with Gasteiger partial charge in [0.1, 0.15) is 29.7 Å². The van der Waals surface area contributed by atoms with Crippen LogP contribution in [-0.4, -0.2) is 81.4 Å². The number of methoxy groups -OCH3 is 1. The molecule has 0 saturated carbocycles. The molecule has 194 valence electrons. The Morgan fingerprint density at radius 2 is 2.14 bits per heavy atom. The average molecular weight is 496 g/mol. The number of hydrogen-bond acceptors (Lipinski definition) is 8. The molecule has 10 nitrogen and oxygen atoms in total. The Morgan fingerprint density at radius 1 is 1.25 bits per heavy atom. The molecule has 3 aromatic rings. The number of ether oxygens (including phenoxy) is 1. The second-order valence-electron chi connectivity index (χ2n) is 9.34. The zero-order chi connectivity index (χ0) is 25.3. The number of hydrogen-bond donors (Lipinski definition) is 3. The molecule has 0 amide bonds. The number of aromatic nitrogens is 4. The van der Waals surface area contributed by atoms with Crippen LogP contribution in [0.2, 0.25) is 0 Å². The van der Waals surface area contributed by atoms with Gasteiger partial charge in [-0.15, -0.1) is 0 Å². The van der Waals surface area contributed by atoms with Gasteiger partial charge in [-0.3, -0.25) is 0 Å². The van der Waals surface area contributed by atoms with Crippen molar-refractivity contribution in [3.05, 3.63) is 42.0 Å². The molecule has 4 heterocycles. The summed E-state index contributed by atoms with van der Waals surface area (Å²) in [6.45, 7) is 3.91. The van der Waals surface area contributed by atoms with Crippen LogP contribution in [0.4, 0.5) is 11.6 Å². The number of rotatable bonds is 14. The van der Waals surface area contributed by atoms with E-state index in [4.69, 9.17) is 9.72 Å². The summed E-state index contributed by atoms with van der Waals surface area (Å²) in [4.78, 5) is 27.7. The first kappa shape index (κ1) is 25.8. The highest BCUT2D eigenvalue weighted by Crippen LogP contribution is 2.22. The number of carboxylic acids is 1. The summed E-state index contributed by atoms with van der Waals surface area (Å²) < 4.78 is 7.18. The van der Waals surface area contributed by atoms with Crippen molar-refractivity contribution in [3.8, 4) is 0 Å². The minimum absolute atomic E-state index is 0.454. The van der Waals surface area contributed by atoms with Crippen LogP contribution in [0.5, 0.6) is 0 Å². The van der Waals surface area contributed by atoms with E-state index in [1.54, 1.807) is 7.11 Å². The number of aryl methyl sites for hydroxylation is 3. The van der Waals surface area contributed by atoms with E-state index in [1.807, 2.05) is 23.9 Å². The molecule has 1 aliphatic rings. The maximum Gasteiger partial charge on any atom is 0.326 e. The first-order chi connectivity index (χ1) is 17.5. The monoisotopic (exact) mass is 495 g/mol. The first-order valence-electron chi connectivity index (χ1n) is 12.7. The van der Waals surface area contributed by atoms with Gasteiger partial charge in [-0.2, -0.15) is 0 Å². The molecule has 4 rings (SSSR count). The van der Waals surface area contributed by atoms with Crippen LogP contribution >= 0.6 is 0 Å². The lowest BCUT2D eigenvalue weighted by molar-refractivity contribution is -0.138. The van der Waals surface area contributed by atoms with E-state index < -0.39 is 12.0 Å². The molecule has 3 N–H and O–H groups in total. The van der Waals surface area contributed by atoms with Gasteiger partial charge >= 0.3 is 5.97 Å². The largest absolute Gasteiger partial charge is 0.480 e. The Bertz CT molecular complexity index is 1150. The maximum atomic E-state index is 12.0. The molecular weight excluding hydrogens is 458 g/mol. The molecule has 0 spiro atoms. The van der Waals surface area contributed by atoms with Crippen molar-refractivity contribution in [2.24, 2.45) is 7.05 Å². The Kier molecular flexibility index (Phi) is 9.07. The van der Waals surface area contributed by atoms with Crippen molar-refractivity contribution < 1.29 is 14.6 Å². The maximum absolute atomic E-state index is 12.0. The number of nitrogens with zero attached hydrogens (tertiary/aromatic N) is 5. The number of aliphatic carboxylic acids is 1. The molecule has 0 aromatic carbocycles. The van der Waals surface area contributed by atoms with Gasteiger partial charge in [0.25, 0.3) is 0 Å². The van der Waals surface area contributed by atoms with E-state index in [-0.39, 0.29) is 0 Å². The average Bonchev–Trinajstić information content (AvgIpc) is 3.28. The molecule has 0 fully saturated rings. The van der Waals surface area contributed by atoms with Crippen molar-refractivity contribution in [3.63, 3.8) is 0 Å². The van der Waals surface area contributed by atoms with Crippen molar-refractivity contribution in [1.82, 2.24) is 24.4 Å². The standard InChI is InChI=1S/C26H37N7O3/c1-32-14-10-21-24(28-18-29-25(21)32)31-22(26(34)35)11-15-33(16-17-36-2)13-4-3-7-20-9-8-19-6-5-12-27-23(19)30-20/h8-10,14,18,22H,3-7,11-13,15-17H2,1-2H3,(H,27,30)(H,34,35)(H,28,29,31). The normalized spacial score (nSPS) is 14.0. The topological polar surface area (TPSA) is 117 Å². The highest BCUT2D eigenvalue weighted by Gasteiger charge is 2.21. The molecule has 1 aliphatic heterocycles. The van der Waals surface area contributed by atoms with E-state index in [0.717, 1.165) is 67.9 Å². The van der Waals surface area contributed by atoms with Gasteiger partial charge in [0.2, 0.25) is 0 Å². The summed E-state index contributed by atoms with van der Waals surface area (Å²) in [5, 5.41) is 17.2. The zero-order valence-electron chi connectivity index (χ0n) is 21.2. The molecular formula is C26H37N7O3. The molecule has 1 atom stereocenters. The summed E-state index contributed by atoms with van der Waals surface area (Å²) >= 11 is 0. The van der Waals surface area contributed by atoms with Crippen molar-refractivity contribution in [1.29, 1.82) is 0 Å². The summed E-state index contributed by atoms with van der Waals surface area (Å²) in [5.74, 6) is 0.698. The first-order valence-corrected chi connectivity index (χ1v) is 12.7. The van der Waals surface area contributed by atoms with Crippen LogP contribution < -0.4 is 10.6 Å². The molecule has 1 unspecified atom stereocenters. The minimum Gasteiger partial charge on any atom is -0.480 e. The van der Waals surface area contributed by atoms with E-state index in [2.05, 4.69) is 37.6 Å². The quantitative estimate of drug-likeness (QED) is 0.290. The number of nitrogens with one attached hydrogen (secondary N) is 2. The molecule has 0 bridgehead atoms. The van der Waals surface area contributed by atoms with Gasteiger partial charge in [-0.1, -0.05) is 6.07 Å². The lowest BCUT2D eigenvalue weighted by Gasteiger charge is -2.24. The fourth-order valence-corrected chi connectivity index (χ4v) is 4.63. The summed E-state index contributed by atoms with van der Waals surface area (Å²) in [7, 11) is 3.59. The van der Waals surface area contributed by atoms with Gasteiger partial charge < -0.3 is 29.9 Å². The SMILES string of the molecule is COCCN(CCCCc1ccc2c(n1)NCCC2)CCC(Nc1ncnc2c1ccn2C)C(=O)O. The van der Waals surface area contributed by atoms with E-state index in [1.165, 1.54) is 18.3 Å². The second kappa shape index (κ2) is 12.6. The summed E-state index contributed by atoms with van der Waals surface area (Å²) in [6, 6.07) is 5.50. The highest BCUT2D eigenvalue weighted by atomic mass is 16.5. The molecule has 36 heavy (non-hydrogen) atoms. The van der Waals surface area contributed by atoms with E-state index in [9.17, 15) is 9.90 Å². The zero-order valence-corrected chi connectivity index (χ0v) is 21.2. The Balaban J connectivity index is 1.29. The Labute approximate surface area is 212 Å². The molecule has 0 aliphatic carbocycles. The Morgan fingerprint density at radius 3 is 2.97 bits per heavy atom. The number of carbonyl (C=O) groups is 1. The van der Waals surface area contributed by atoms with Gasteiger partial charge in [0.15, 0.2) is 0 Å². The molecule has 0 saturated heterocycles. The molecule has 3 aromatic heterocycles. The van der Waals surface area contributed by atoms with Crippen molar-refractivity contribution in [2.45, 2.75) is 44.6 Å². The predicted molar refractivity (Wildman–Crippen MR) is 140 cm³/mol. The minimum atomic E-state index is -0.892. The van der Waals surface area contributed by atoms with Crippen LogP contribution in [0.1, 0.15) is 36.9 Å². The smallest absolute Gasteiger partial charge is 0.326 e. The van der Waals surface area contributed by atoms with Crippen LogP contribution in [0.25, 0.3) is 11.0 Å². The van der Waals surface area contributed by atoms with Gasteiger partial charge in [0, 0.05) is 45.7 Å². The fourth-order valence-electron chi connectivity index (χ4n) is 4.63. The highest BCUT2D eigenvalue weighted by molar-refractivity contribution is 5.89. The van der Waals surface area contributed by atoms with Crippen LogP contribution in [-0.2, 0) is 29.4 Å². The second-order valence-corrected chi connectivity index (χ2v) is 9.34. The molecule has 10 heteroatoms. The third-order valence-electron chi connectivity index (χ3n) is 6.73. The van der Waals surface area contributed by atoms with E-state index >= 15 is 0 Å². The number of unbranched alkanes of at least 4 members (excludes halogenated alkanes) is 1. The fraction of sp³-hybridized carbons (Fsp3) is 0.538. The van der Waals surface area contributed by atoms with Gasteiger partial charge in [0.05, 0.1) is 12.0 Å². The Hall–Kier alpha value is -3.24. The number of anilines is 2. The number of carboxylic acid groups (broad SMARTS) is 1. The number of pyridine rings is 1. The van der Waals surface area contributed by atoms with Gasteiger partial charge in [-0.25, -0.2) is 19.7 Å².